The molecule has 0 aliphatic carbocycles. The Hall–Kier alpha value is -2.34. The van der Waals surface area contributed by atoms with Crippen LogP contribution in [-0.2, 0) is 13.1 Å². The third kappa shape index (κ3) is 3.32. The zero-order chi connectivity index (χ0) is 13.7. The molecule has 1 aromatic carbocycles. The van der Waals surface area contributed by atoms with E-state index in [9.17, 15) is 4.79 Å². The maximum absolute atomic E-state index is 11.0. The number of aromatic carboxylic acids is 1. The van der Waals surface area contributed by atoms with Gasteiger partial charge in [-0.1, -0.05) is 12.1 Å². The summed E-state index contributed by atoms with van der Waals surface area (Å²) in [5, 5.41) is 25.0. The minimum absolute atomic E-state index is 0.0381. The monoisotopic (exact) mass is 261 g/mol. The van der Waals surface area contributed by atoms with Crippen molar-refractivity contribution in [2.75, 3.05) is 11.9 Å². The summed E-state index contributed by atoms with van der Waals surface area (Å²) in [4.78, 5) is 11.0. The van der Waals surface area contributed by atoms with Gasteiger partial charge in [0.05, 0.1) is 24.9 Å². The van der Waals surface area contributed by atoms with Crippen LogP contribution < -0.4 is 5.32 Å². The third-order valence-electron chi connectivity index (χ3n) is 2.66. The van der Waals surface area contributed by atoms with Crippen molar-refractivity contribution in [3.05, 3.63) is 47.8 Å². The molecule has 100 valence electrons. The fourth-order valence-corrected chi connectivity index (χ4v) is 1.74. The molecule has 0 spiro atoms. The van der Waals surface area contributed by atoms with Crippen molar-refractivity contribution in [2.45, 2.75) is 13.1 Å². The van der Waals surface area contributed by atoms with Crippen LogP contribution in [0.1, 0.15) is 15.9 Å². The number of hydrogen-bond acceptors (Lipinski definition) is 4. The highest BCUT2D eigenvalue weighted by atomic mass is 16.4. The van der Waals surface area contributed by atoms with E-state index in [0.29, 0.717) is 18.8 Å². The minimum Gasteiger partial charge on any atom is -0.478 e. The number of carbonyl (C=O) groups is 1. The van der Waals surface area contributed by atoms with Crippen LogP contribution in [0.2, 0.25) is 0 Å². The SMILES string of the molecule is O=C(O)c1ccccc1NCc1cnn(CCO)c1. The van der Waals surface area contributed by atoms with Crippen LogP contribution in [0.25, 0.3) is 0 Å². The Labute approximate surface area is 110 Å². The summed E-state index contributed by atoms with van der Waals surface area (Å²) in [7, 11) is 0. The van der Waals surface area contributed by atoms with Gasteiger partial charge in [0.15, 0.2) is 0 Å². The van der Waals surface area contributed by atoms with Gasteiger partial charge in [0, 0.05) is 24.0 Å². The molecule has 0 saturated heterocycles. The molecule has 0 aliphatic rings. The molecule has 6 nitrogen and oxygen atoms in total. The van der Waals surface area contributed by atoms with Gasteiger partial charge in [0.2, 0.25) is 0 Å². The normalized spacial score (nSPS) is 10.4. The quantitative estimate of drug-likeness (QED) is 0.727. The minimum atomic E-state index is -0.959. The van der Waals surface area contributed by atoms with Crippen LogP contribution in [0, 0.1) is 0 Å². The second kappa shape index (κ2) is 6.01. The fraction of sp³-hybridized carbons (Fsp3) is 0.231. The third-order valence-corrected chi connectivity index (χ3v) is 2.66. The Bertz CT molecular complexity index is 566. The molecular weight excluding hydrogens is 246 g/mol. The molecule has 0 atom stereocenters. The number of rotatable bonds is 6. The highest BCUT2D eigenvalue weighted by Crippen LogP contribution is 2.15. The second-order valence-corrected chi connectivity index (χ2v) is 4.04. The lowest BCUT2D eigenvalue weighted by Crippen LogP contribution is -2.06. The van der Waals surface area contributed by atoms with Crippen LogP contribution in [0.15, 0.2) is 36.7 Å². The van der Waals surface area contributed by atoms with Crippen LogP contribution >= 0.6 is 0 Å². The van der Waals surface area contributed by atoms with Gasteiger partial charge >= 0.3 is 5.97 Å². The molecule has 2 rings (SSSR count). The first-order valence-electron chi connectivity index (χ1n) is 5.89. The largest absolute Gasteiger partial charge is 0.478 e. The molecule has 19 heavy (non-hydrogen) atoms. The number of nitrogens with one attached hydrogen (secondary N) is 1. The van der Waals surface area contributed by atoms with E-state index in [2.05, 4.69) is 10.4 Å². The molecule has 2 aromatic rings. The van der Waals surface area contributed by atoms with Gasteiger partial charge in [-0.2, -0.15) is 5.10 Å². The van der Waals surface area contributed by atoms with Gasteiger partial charge in [-0.25, -0.2) is 4.79 Å². The molecule has 0 amide bonds. The predicted molar refractivity (Wildman–Crippen MR) is 70.0 cm³/mol. The zero-order valence-electron chi connectivity index (χ0n) is 10.3. The van der Waals surface area contributed by atoms with Gasteiger partial charge in [-0.3, -0.25) is 4.68 Å². The van der Waals surface area contributed by atoms with Crippen LogP contribution in [0.3, 0.4) is 0 Å². The summed E-state index contributed by atoms with van der Waals surface area (Å²) in [6.45, 7) is 0.970. The standard InChI is InChI=1S/C13H15N3O3/c17-6-5-16-9-10(8-15-16)7-14-12-4-2-1-3-11(12)13(18)19/h1-4,8-9,14,17H,5-7H2,(H,18,19). The second-order valence-electron chi connectivity index (χ2n) is 4.04. The lowest BCUT2D eigenvalue weighted by Gasteiger charge is -2.07. The van der Waals surface area contributed by atoms with Crippen LogP contribution in [0.4, 0.5) is 5.69 Å². The summed E-state index contributed by atoms with van der Waals surface area (Å²) in [6.07, 6.45) is 3.50. The Morgan fingerprint density at radius 2 is 2.16 bits per heavy atom. The Balaban J connectivity index is 2.03. The lowest BCUT2D eigenvalue weighted by atomic mass is 10.2. The molecular formula is C13H15N3O3. The molecule has 1 heterocycles. The molecule has 0 aliphatic heterocycles. The lowest BCUT2D eigenvalue weighted by molar-refractivity contribution is 0.0698. The summed E-state index contributed by atoms with van der Waals surface area (Å²) >= 11 is 0. The van der Waals surface area contributed by atoms with Crippen LogP contribution in [-0.4, -0.2) is 32.6 Å². The summed E-state index contributed by atoms with van der Waals surface area (Å²) in [6, 6.07) is 6.75. The number of carboxylic acids is 1. The Kier molecular flexibility index (Phi) is 4.15. The Morgan fingerprint density at radius 3 is 2.89 bits per heavy atom. The summed E-state index contributed by atoms with van der Waals surface area (Å²) in [5.41, 5.74) is 1.74. The van der Waals surface area contributed by atoms with Gasteiger partial charge in [0.25, 0.3) is 0 Å². The summed E-state index contributed by atoms with van der Waals surface area (Å²) < 4.78 is 1.64. The molecule has 0 saturated carbocycles. The first-order chi connectivity index (χ1) is 9.20. The van der Waals surface area contributed by atoms with E-state index < -0.39 is 5.97 Å². The molecule has 0 radical (unpaired) electrons. The zero-order valence-corrected chi connectivity index (χ0v) is 10.3. The first kappa shape index (κ1) is 13.1. The molecule has 0 unspecified atom stereocenters. The molecule has 0 bridgehead atoms. The van der Waals surface area contributed by atoms with Crippen molar-refractivity contribution in [2.24, 2.45) is 0 Å². The van der Waals surface area contributed by atoms with Gasteiger partial charge in [-0.05, 0) is 12.1 Å². The van der Waals surface area contributed by atoms with Gasteiger partial charge in [0.1, 0.15) is 0 Å². The van der Waals surface area contributed by atoms with E-state index in [1.807, 2.05) is 6.20 Å². The topological polar surface area (TPSA) is 87.4 Å². The van der Waals surface area contributed by atoms with Crippen molar-refractivity contribution in [3.8, 4) is 0 Å². The maximum Gasteiger partial charge on any atom is 0.337 e. The highest BCUT2D eigenvalue weighted by Gasteiger charge is 2.08. The number of aromatic nitrogens is 2. The average Bonchev–Trinajstić information content (AvgIpc) is 2.85. The maximum atomic E-state index is 11.0. The molecule has 1 aromatic heterocycles. The number of hydrogen-bond donors (Lipinski definition) is 3. The molecule has 6 heteroatoms. The molecule has 3 N–H and O–H groups in total. The predicted octanol–water partition coefficient (Wildman–Crippen LogP) is 1.19. The van der Waals surface area contributed by atoms with E-state index >= 15 is 0 Å². The number of benzene rings is 1. The smallest absolute Gasteiger partial charge is 0.337 e. The van der Waals surface area contributed by atoms with E-state index in [1.54, 1.807) is 35.1 Å². The van der Waals surface area contributed by atoms with E-state index in [-0.39, 0.29) is 12.2 Å². The first-order valence-corrected chi connectivity index (χ1v) is 5.89. The average molecular weight is 261 g/mol. The van der Waals surface area contributed by atoms with Crippen molar-refractivity contribution < 1.29 is 15.0 Å². The van der Waals surface area contributed by atoms with E-state index in [1.165, 1.54) is 0 Å². The number of aliphatic hydroxyl groups excluding tert-OH is 1. The van der Waals surface area contributed by atoms with Crippen molar-refractivity contribution >= 4 is 11.7 Å². The van der Waals surface area contributed by atoms with Crippen molar-refractivity contribution in [3.63, 3.8) is 0 Å². The van der Waals surface area contributed by atoms with Gasteiger partial charge < -0.3 is 15.5 Å². The Morgan fingerprint density at radius 1 is 1.37 bits per heavy atom. The molecule has 0 fully saturated rings. The van der Waals surface area contributed by atoms with Crippen molar-refractivity contribution in [1.82, 2.24) is 9.78 Å². The number of carboxylic acid groups (broad SMARTS) is 1. The van der Waals surface area contributed by atoms with Crippen molar-refractivity contribution in [1.29, 1.82) is 0 Å². The van der Waals surface area contributed by atoms with E-state index in [0.717, 1.165) is 5.56 Å². The van der Waals surface area contributed by atoms with E-state index in [4.69, 9.17) is 10.2 Å². The highest BCUT2D eigenvalue weighted by molar-refractivity contribution is 5.94. The number of nitrogens with zero attached hydrogens (tertiary/aromatic N) is 2. The number of anilines is 1. The van der Waals surface area contributed by atoms with Gasteiger partial charge in [-0.15, -0.1) is 0 Å². The summed E-state index contributed by atoms with van der Waals surface area (Å²) in [5.74, 6) is -0.959. The van der Waals surface area contributed by atoms with Crippen LogP contribution in [0.5, 0.6) is 0 Å². The number of para-hydroxylation sites is 1. The number of aliphatic hydroxyl groups is 1. The fourth-order valence-electron chi connectivity index (χ4n) is 1.74.